The van der Waals surface area contributed by atoms with Crippen molar-refractivity contribution < 1.29 is 4.79 Å². The molecule has 2 unspecified atom stereocenters. The van der Waals surface area contributed by atoms with Gasteiger partial charge in [-0.25, -0.2) is 0 Å². The molecule has 3 heteroatoms. The Labute approximate surface area is 85.6 Å². The van der Waals surface area contributed by atoms with Gasteiger partial charge in [-0.2, -0.15) is 0 Å². The van der Waals surface area contributed by atoms with Crippen LogP contribution in [0, 0.1) is 12.3 Å². The highest BCUT2D eigenvalue weighted by molar-refractivity contribution is 5.81. The van der Waals surface area contributed by atoms with Crippen LogP contribution in [0.25, 0.3) is 0 Å². The average molecular weight is 194 g/mol. The predicted octanol–water partition coefficient (Wildman–Crippen LogP) is 0.655. The highest BCUT2D eigenvalue weighted by atomic mass is 16.2. The Morgan fingerprint density at radius 2 is 2.21 bits per heavy atom. The van der Waals surface area contributed by atoms with Crippen LogP contribution in [-0.2, 0) is 4.79 Å². The van der Waals surface area contributed by atoms with Crippen LogP contribution < -0.4 is 10.6 Å². The summed E-state index contributed by atoms with van der Waals surface area (Å²) in [5, 5.41) is 6.11. The molecule has 1 amide bonds. The second-order valence-corrected chi connectivity index (χ2v) is 3.98. The molecule has 0 aromatic carbocycles. The molecule has 0 bridgehead atoms. The SMILES string of the molecule is C#CCC(C)NC(C)C(=O)NC1CC1. The molecule has 2 atom stereocenters. The van der Waals surface area contributed by atoms with Gasteiger partial charge >= 0.3 is 0 Å². The summed E-state index contributed by atoms with van der Waals surface area (Å²) in [5.74, 6) is 2.65. The van der Waals surface area contributed by atoms with Gasteiger partial charge in [0.2, 0.25) is 5.91 Å². The van der Waals surface area contributed by atoms with Gasteiger partial charge in [-0.3, -0.25) is 4.79 Å². The molecule has 0 aromatic rings. The Hall–Kier alpha value is -1.01. The van der Waals surface area contributed by atoms with Crippen LogP contribution in [0.3, 0.4) is 0 Å². The lowest BCUT2D eigenvalue weighted by Gasteiger charge is -2.17. The van der Waals surface area contributed by atoms with E-state index < -0.39 is 0 Å². The van der Waals surface area contributed by atoms with Gasteiger partial charge in [0.05, 0.1) is 6.04 Å². The van der Waals surface area contributed by atoms with Gasteiger partial charge in [0.25, 0.3) is 0 Å². The molecule has 3 nitrogen and oxygen atoms in total. The molecular weight excluding hydrogens is 176 g/mol. The second kappa shape index (κ2) is 5.02. The zero-order valence-electron chi connectivity index (χ0n) is 8.84. The molecular formula is C11H18N2O. The number of carbonyl (C=O) groups is 1. The van der Waals surface area contributed by atoms with Crippen molar-refractivity contribution in [3.05, 3.63) is 0 Å². The molecule has 1 saturated carbocycles. The number of hydrogen-bond acceptors (Lipinski definition) is 2. The van der Waals surface area contributed by atoms with Crippen molar-refractivity contribution in [2.24, 2.45) is 0 Å². The number of amides is 1. The molecule has 1 aliphatic carbocycles. The van der Waals surface area contributed by atoms with Crippen LogP contribution >= 0.6 is 0 Å². The molecule has 0 aliphatic heterocycles. The first kappa shape index (κ1) is 11.1. The summed E-state index contributed by atoms with van der Waals surface area (Å²) in [6.45, 7) is 3.85. The average Bonchev–Trinajstić information content (AvgIpc) is 2.88. The first-order valence-corrected chi connectivity index (χ1v) is 5.13. The molecule has 0 saturated heterocycles. The topological polar surface area (TPSA) is 41.1 Å². The van der Waals surface area contributed by atoms with Crippen LogP contribution in [0.2, 0.25) is 0 Å². The Morgan fingerprint density at radius 1 is 1.57 bits per heavy atom. The Kier molecular flexibility index (Phi) is 3.97. The maximum Gasteiger partial charge on any atom is 0.237 e. The molecule has 0 radical (unpaired) electrons. The van der Waals surface area contributed by atoms with Crippen molar-refractivity contribution in [1.82, 2.24) is 10.6 Å². The zero-order valence-corrected chi connectivity index (χ0v) is 8.84. The predicted molar refractivity (Wildman–Crippen MR) is 56.7 cm³/mol. The van der Waals surface area contributed by atoms with E-state index in [0.29, 0.717) is 12.5 Å². The van der Waals surface area contributed by atoms with E-state index in [1.807, 2.05) is 13.8 Å². The van der Waals surface area contributed by atoms with E-state index in [2.05, 4.69) is 16.6 Å². The van der Waals surface area contributed by atoms with Gasteiger partial charge in [-0.05, 0) is 26.7 Å². The summed E-state index contributed by atoms with van der Waals surface area (Å²) < 4.78 is 0. The van der Waals surface area contributed by atoms with Gasteiger partial charge in [0.15, 0.2) is 0 Å². The van der Waals surface area contributed by atoms with E-state index in [4.69, 9.17) is 6.42 Å². The Balaban J connectivity index is 2.21. The lowest BCUT2D eigenvalue weighted by molar-refractivity contribution is -0.123. The van der Waals surface area contributed by atoms with Crippen LogP contribution in [-0.4, -0.2) is 24.0 Å². The molecule has 0 heterocycles. The fourth-order valence-electron chi connectivity index (χ4n) is 1.29. The summed E-state index contributed by atoms with van der Waals surface area (Å²) in [7, 11) is 0. The number of carbonyl (C=O) groups excluding carboxylic acids is 1. The third-order valence-corrected chi connectivity index (χ3v) is 2.28. The van der Waals surface area contributed by atoms with Crippen molar-refractivity contribution in [3.63, 3.8) is 0 Å². The first-order chi connectivity index (χ1) is 6.63. The van der Waals surface area contributed by atoms with Gasteiger partial charge in [-0.1, -0.05) is 0 Å². The van der Waals surface area contributed by atoms with Crippen LogP contribution in [0.15, 0.2) is 0 Å². The lowest BCUT2D eigenvalue weighted by Crippen LogP contribution is -2.46. The standard InChI is InChI=1S/C11H18N2O/c1-4-5-8(2)12-9(3)11(14)13-10-6-7-10/h1,8-10,12H,5-7H2,2-3H3,(H,13,14). The lowest BCUT2D eigenvalue weighted by atomic mass is 10.2. The molecule has 1 fully saturated rings. The maximum absolute atomic E-state index is 11.5. The molecule has 78 valence electrons. The highest BCUT2D eigenvalue weighted by Crippen LogP contribution is 2.18. The van der Waals surface area contributed by atoms with E-state index in [-0.39, 0.29) is 18.0 Å². The van der Waals surface area contributed by atoms with Crippen LogP contribution in [0.5, 0.6) is 0 Å². The third kappa shape index (κ3) is 3.80. The number of rotatable bonds is 5. The van der Waals surface area contributed by atoms with Crippen LogP contribution in [0.1, 0.15) is 33.1 Å². The summed E-state index contributed by atoms with van der Waals surface area (Å²) >= 11 is 0. The van der Waals surface area contributed by atoms with Crippen molar-refractivity contribution in [2.45, 2.75) is 51.2 Å². The largest absolute Gasteiger partial charge is 0.352 e. The smallest absolute Gasteiger partial charge is 0.237 e. The molecule has 14 heavy (non-hydrogen) atoms. The fourth-order valence-corrected chi connectivity index (χ4v) is 1.29. The van der Waals surface area contributed by atoms with Gasteiger partial charge < -0.3 is 10.6 Å². The molecule has 2 N–H and O–H groups in total. The number of hydrogen-bond donors (Lipinski definition) is 2. The van der Waals surface area contributed by atoms with Crippen molar-refractivity contribution in [2.75, 3.05) is 0 Å². The quantitative estimate of drug-likeness (QED) is 0.631. The normalized spacial score (nSPS) is 19.5. The van der Waals surface area contributed by atoms with Crippen molar-refractivity contribution in [3.8, 4) is 12.3 Å². The van der Waals surface area contributed by atoms with Gasteiger partial charge in [-0.15, -0.1) is 12.3 Å². The summed E-state index contributed by atoms with van der Waals surface area (Å²) in [4.78, 5) is 11.5. The van der Waals surface area contributed by atoms with Crippen LogP contribution in [0.4, 0.5) is 0 Å². The van der Waals surface area contributed by atoms with E-state index >= 15 is 0 Å². The summed E-state index contributed by atoms with van der Waals surface area (Å²) in [5.41, 5.74) is 0. The van der Waals surface area contributed by atoms with E-state index in [1.165, 1.54) is 0 Å². The molecule has 0 aromatic heterocycles. The van der Waals surface area contributed by atoms with Gasteiger partial charge in [0.1, 0.15) is 0 Å². The number of nitrogens with one attached hydrogen (secondary N) is 2. The second-order valence-electron chi connectivity index (χ2n) is 3.98. The van der Waals surface area contributed by atoms with Crippen molar-refractivity contribution in [1.29, 1.82) is 0 Å². The van der Waals surface area contributed by atoms with Gasteiger partial charge in [0, 0.05) is 18.5 Å². The van der Waals surface area contributed by atoms with E-state index in [9.17, 15) is 4.79 Å². The van der Waals surface area contributed by atoms with Crippen molar-refractivity contribution >= 4 is 5.91 Å². The monoisotopic (exact) mass is 194 g/mol. The molecule has 1 rings (SSSR count). The first-order valence-electron chi connectivity index (χ1n) is 5.13. The molecule has 1 aliphatic rings. The maximum atomic E-state index is 11.5. The summed E-state index contributed by atoms with van der Waals surface area (Å²) in [6.07, 6.45) is 8.08. The Bertz CT molecular complexity index is 240. The number of terminal acetylenes is 1. The van der Waals surface area contributed by atoms with E-state index in [1.54, 1.807) is 0 Å². The third-order valence-electron chi connectivity index (χ3n) is 2.28. The minimum atomic E-state index is -0.154. The molecule has 0 spiro atoms. The van der Waals surface area contributed by atoms with E-state index in [0.717, 1.165) is 12.8 Å². The summed E-state index contributed by atoms with van der Waals surface area (Å²) in [6, 6.07) is 0.466. The Morgan fingerprint density at radius 3 is 2.71 bits per heavy atom. The highest BCUT2D eigenvalue weighted by Gasteiger charge is 2.25. The zero-order chi connectivity index (χ0) is 10.6. The minimum Gasteiger partial charge on any atom is -0.352 e. The minimum absolute atomic E-state index is 0.0800. The fraction of sp³-hybridized carbons (Fsp3) is 0.727.